The van der Waals surface area contributed by atoms with E-state index >= 15 is 0 Å². The zero-order chi connectivity index (χ0) is 15.0. The van der Waals surface area contributed by atoms with Crippen LogP contribution in [0.15, 0.2) is 12.1 Å². The Kier molecular flexibility index (Phi) is 7.54. The highest BCUT2D eigenvalue weighted by molar-refractivity contribution is 8.03. The van der Waals surface area contributed by atoms with Crippen molar-refractivity contribution in [2.24, 2.45) is 0 Å². The van der Waals surface area contributed by atoms with Gasteiger partial charge < -0.3 is 4.74 Å². The molecule has 0 aliphatic carbocycles. The molecule has 1 aromatic carbocycles. The van der Waals surface area contributed by atoms with E-state index in [0.717, 1.165) is 37.4 Å². The van der Waals surface area contributed by atoms with Crippen molar-refractivity contribution in [1.29, 1.82) is 5.26 Å². The Balaban J connectivity index is 2.90. The van der Waals surface area contributed by atoms with Crippen molar-refractivity contribution in [3.05, 3.63) is 28.8 Å². The number of aryl methyl sites for hydroxylation is 2. The van der Waals surface area contributed by atoms with E-state index in [0.29, 0.717) is 5.92 Å². The third kappa shape index (κ3) is 4.76. The number of thiocyanates is 1. The number of ether oxygens (including phenoxy) is 1. The van der Waals surface area contributed by atoms with E-state index in [1.807, 2.05) is 0 Å². The fraction of sp³-hybridized carbons (Fsp3) is 0.588. The molecule has 110 valence electrons. The van der Waals surface area contributed by atoms with Gasteiger partial charge in [-0.2, -0.15) is 5.26 Å². The molecule has 0 fully saturated rings. The van der Waals surface area contributed by atoms with Gasteiger partial charge in [0.05, 0.1) is 6.61 Å². The maximum atomic E-state index is 8.65. The minimum absolute atomic E-state index is 0.538. The van der Waals surface area contributed by atoms with Crippen molar-refractivity contribution < 1.29 is 4.74 Å². The normalized spacial score (nSPS) is 11.9. The second-order valence-corrected chi connectivity index (χ2v) is 6.03. The molecule has 0 aromatic heterocycles. The van der Waals surface area contributed by atoms with Crippen LogP contribution in [0.4, 0.5) is 0 Å². The predicted molar refractivity (Wildman–Crippen MR) is 87.4 cm³/mol. The number of benzene rings is 1. The molecule has 1 atom stereocenters. The minimum atomic E-state index is 0.538. The van der Waals surface area contributed by atoms with E-state index in [9.17, 15) is 0 Å². The first kappa shape index (κ1) is 16.9. The van der Waals surface area contributed by atoms with Gasteiger partial charge in [-0.25, -0.2) is 0 Å². The van der Waals surface area contributed by atoms with Gasteiger partial charge in [-0.3, -0.25) is 0 Å². The van der Waals surface area contributed by atoms with Crippen LogP contribution in [0.5, 0.6) is 5.75 Å². The maximum Gasteiger partial charge on any atom is 0.133 e. The number of nitrogens with zero attached hydrogens (tertiary/aromatic N) is 1. The summed E-state index contributed by atoms with van der Waals surface area (Å²) >= 11 is 1.35. The van der Waals surface area contributed by atoms with Gasteiger partial charge in [-0.15, -0.1) is 0 Å². The van der Waals surface area contributed by atoms with Gasteiger partial charge in [-0.05, 0) is 79.6 Å². The van der Waals surface area contributed by atoms with Gasteiger partial charge in [0.2, 0.25) is 0 Å². The number of rotatable bonds is 8. The summed E-state index contributed by atoms with van der Waals surface area (Å²) in [6.45, 7) is 9.45. The van der Waals surface area contributed by atoms with Crippen molar-refractivity contribution in [1.82, 2.24) is 0 Å². The molecule has 2 nitrogen and oxygen atoms in total. The van der Waals surface area contributed by atoms with Gasteiger partial charge in [0, 0.05) is 5.75 Å². The standard InChI is InChI=1S/C17H25NOS/c1-5-8-19-16-10-13(3)17(14(4)11-16)15(6-2)7-9-20-12-18/h10-11,15H,5-9H2,1-4H3. The van der Waals surface area contributed by atoms with Crippen LogP contribution in [0.2, 0.25) is 0 Å². The zero-order valence-electron chi connectivity index (χ0n) is 13.0. The molecule has 0 heterocycles. The summed E-state index contributed by atoms with van der Waals surface area (Å²) in [7, 11) is 0. The summed E-state index contributed by atoms with van der Waals surface area (Å²) in [5.74, 6) is 2.42. The van der Waals surface area contributed by atoms with Gasteiger partial charge in [0.1, 0.15) is 11.2 Å². The molecule has 0 radical (unpaired) electrons. The van der Waals surface area contributed by atoms with Crippen LogP contribution in [0, 0.1) is 24.5 Å². The molecule has 3 heteroatoms. The highest BCUT2D eigenvalue weighted by atomic mass is 32.2. The van der Waals surface area contributed by atoms with Crippen LogP contribution in [0.1, 0.15) is 55.7 Å². The van der Waals surface area contributed by atoms with E-state index in [4.69, 9.17) is 10.00 Å². The molecular formula is C17H25NOS. The lowest BCUT2D eigenvalue weighted by atomic mass is 9.87. The molecule has 0 aliphatic rings. The molecule has 0 amide bonds. The first-order chi connectivity index (χ1) is 9.63. The zero-order valence-corrected chi connectivity index (χ0v) is 13.8. The molecule has 0 aliphatic heterocycles. The number of hydrogen-bond donors (Lipinski definition) is 0. The lowest BCUT2D eigenvalue weighted by Crippen LogP contribution is -2.05. The molecule has 0 N–H and O–H groups in total. The van der Waals surface area contributed by atoms with Crippen LogP contribution in [-0.2, 0) is 0 Å². The Morgan fingerprint density at radius 3 is 2.40 bits per heavy atom. The minimum Gasteiger partial charge on any atom is -0.494 e. The number of hydrogen-bond acceptors (Lipinski definition) is 3. The fourth-order valence-electron chi connectivity index (χ4n) is 2.68. The highest BCUT2D eigenvalue weighted by Crippen LogP contribution is 2.33. The lowest BCUT2D eigenvalue weighted by Gasteiger charge is -2.21. The molecule has 0 saturated carbocycles. The average Bonchev–Trinajstić information content (AvgIpc) is 2.42. The number of nitriles is 1. The first-order valence-corrected chi connectivity index (χ1v) is 8.37. The van der Waals surface area contributed by atoms with Gasteiger partial charge >= 0.3 is 0 Å². The van der Waals surface area contributed by atoms with E-state index in [2.05, 4.69) is 45.2 Å². The van der Waals surface area contributed by atoms with Crippen molar-refractivity contribution in [3.63, 3.8) is 0 Å². The van der Waals surface area contributed by atoms with Crippen LogP contribution in [0.25, 0.3) is 0 Å². The Labute approximate surface area is 127 Å². The largest absolute Gasteiger partial charge is 0.494 e. The molecule has 1 unspecified atom stereocenters. The van der Waals surface area contributed by atoms with E-state index < -0.39 is 0 Å². The second kappa shape index (κ2) is 8.92. The Morgan fingerprint density at radius 2 is 1.90 bits per heavy atom. The Hall–Kier alpha value is -1.14. The average molecular weight is 291 g/mol. The summed E-state index contributed by atoms with van der Waals surface area (Å²) in [6.07, 6.45) is 3.21. The lowest BCUT2D eigenvalue weighted by molar-refractivity contribution is 0.317. The summed E-state index contributed by atoms with van der Waals surface area (Å²) in [6, 6.07) is 4.30. The second-order valence-electron chi connectivity index (χ2n) is 5.15. The van der Waals surface area contributed by atoms with Gasteiger partial charge in [0.15, 0.2) is 0 Å². The van der Waals surface area contributed by atoms with E-state index in [1.54, 1.807) is 0 Å². The van der Waals surface area contributed by atoms with E-state index in [1.165, 1.54) is 28.5 Å². The quantitative estimate of drug-likeness (QED) is 0.488. The third-order valence-corrected chi connectivity index (χ3v) is 4.14. The summed E-state index contributed by atoms with van der Waals surface area (Å²) in [5, 5.41) is 10.8. The predicted octanol–water partition coefficient (Wildman–Crippen LogP) is 5.19. The maximum absolute atomic E-state index is 8.65. The SMILES string of the molecule is CCCOc1cc(C)c(C(CC)CCSC#N)c(C)c1. The molecule has 0 saturated heterocycles. The van der Waals surface area contributed by atoms with Crippen molar-refractivity contribution in [2.45, 2.75) is 52.9 Å². The summed E-state index contributed by atoms with van der Waals surface area (Å²) in [4.78, 5) is 0. The highest BCUT2D eigenvalue weighted by Gasteiger charge is 2.15. The van der Waals surface area contributed by atoms with Crippen LogP contribution < -0.4 is 4.74 Å². The molecule has 1 rings (SSSR count). The van der Waals surface area contributed by atoms with E-state index in [-0.39, 0.29) is 0 Å². The van der Waals surface area contributed by atoms with Crippen LogP contribution in [-0.4, -0.2) is 12.4 Å². The van der Waals surface area contributed by atoms with Crippen molar-refractivity contribution in [3.8, 4) is 11.2 Å². The molecular weight excluding hydrogens is 266 g/mol. The Morgan fingerprint density at radius 1 is 1.25 bits per heavy atom. The fourth-order valence-corrected chi connectivity index (χ4v) is 3.18. The van der Waals surface area contributed by atoms with Gasteiger partial charge in [-0.1, -0.05) is 13.8 Å². The summed E-state index contributed by atoms with van der Waals surface area (Å²) < 4.78 is 5.74. The molecule has 1 aromatic rings. The molecule has 20 heavy (non-hydrogen) atoms. The van der Waals surface area contributed by atoms with Gasteiger partial charge in [0.25, 0.3) is 0 Å². The topological polar surface area (TPSA) is 33.0 Å². The smallest absolute Gasteiger partial charge is 0.133 e. The third-order valence-electron chi connectivity index (χ3n) is 3.57. The monoisotopic (exact) mass is 291 g/mol. The molecule has 0 spiro atoms. The first-order valence-electron chi connectivity index (χ1n) is 7.38. The molecule has 0 bridgehead atoms. The van der Waals surface area contributed by atoms with Crippen LogP contribution >= 0.6 is 11.8 Å². The summed E-state index contributed by atoms with van der Waals surface area (Å²) in [5.41, 5.74) is 4.06. The Bertz CT molecular complexity index is 442. The number of thioether (sulfide) groups is 1. The van der Waals surface area contributed by atoms with Crippen molar-refractivity contribution in [2.75, 3.05) is 12.4 Å². The van der Waals surface area contributed by atoms with Crippen molar-refractivity contribution >= 4 is 11.8 Å². The van der Waals surface area contributed by atoms with Crippen LogP contribution in [0.3, 0.4) is 0 Å².